The molecule has 0 saturated carbocycles. The van der Waals surface area contributed by atoms with E-state index >= 15 is 0 Å². The van der Waals surface area contributed by atoms with Crippen molar-refractivity contribution in [2.75, 3.05) is 11.9 Å². The number of fused-ring (bicyclic) bond motifs is 1. The maximum atomic E-state index is 5.71. The van der Waals surface area contributed by atoms with E-state index in [1.54, 1.807) is 0 Å². The molecule has 0 fully saturated rings. The molecule has 2 heteroatoms. The first-order valence-corrected chi connectivity index (χ1v) is 4.68. The molecule has 0 aromatic heterocycles. The second-order valence-electron chi connectivity index (χ2n) is 3.74. The molecule has 1 aliphatic heterocycles. The molecule has 0 radical (unpaired) electrons. The van der Waals surface area contributed by atoms with E-state index in [0.717, 1.165) is 18.0 Å². The predicted molar refractivity (Wildman–Crippen MR) is 54.5 cm³/mol. The lowest BCUT2D eigenvalue weighted by molar-refractivity contribution is 0.226. The van der Waals surface area contributed by atoms with Crippen molar-refractivity contribution >= 4 is 5.69 Å². The van der Waals surface area contributed by atoms with Crippen molar-refractivity contribution in [2.24, 2.45) is 0 Å². The van der Waals surface area contributed by atoms with Gasteiger partial charge in [-0.05, 0) is 44.0 Å². The van der Waals surface area contributed by atoms with Gasteiger partial charge in [0.2, 0.25) is 0 Å². The zero-order chi connectivity index (χ0) is 9.42. The zero-order valence-corrected chi connectivity index (χ0v) is 8.35. The van der Waals surface area contributed by atoms with Crippen LogP contribution < -0.4 is 10.1 Å². The molecule has 2 nitrogen and oxygen atoms in total. The average molecular weight is 177 g/mol. The molecule has 1 aromatic rings. The maximum Gasteiger partial charge on any atom is 0.143 e. The van der Waals surface area contributed by atoms with E-state index < -0.39 is 0 Å². The molecule has 2 rings (SSSR count). The fourth-order valence-electron chi connectivity index (χ4n) is 1.54. The summed E-state index contributed by atoms with van der Waals surface area (Å²) < 4.78 is 5.71. The molecule has 0 amide bonds. The van der Waals surface area contributed by atoms with Crippen molar-refractivity contribution in [3.8, 4) is 5.75 Å². The Kier molecular flexibility index (Phi) is 1.91. The molecular formula is C11H15NO. The Balaban J connectivity index is 2.43. The fourth-order valence-corrected chi connectivity index (χ4v) is 1.54. The summed E-state index contributed by atoms with van der Waals surface area (Å²) in [6.45, 7) is 7.20. The van der Waals surface area contributed by atoms with Gasteiger partial charge in [-0.2, -0.15) is 0 Å². The molecule has 1 N–H and O–H groups in total. The highest BCUT2D eigenvalue weighted by atomic mass is 16.5. The SMILES string of the molecule is Cc1cc2c(cc1C)OC(C)CN2. The van der Waals surface area contributed by atoms with E-state index in [-0.39, 0.29) is 6.10 Å². The fraction of sp³-hybridized carbons (Fsp3) is 0.455. The standard InChI is InChI=1S/C11H15NO/c1-7-4-10-11(5-8(7)2)13-9(3)6-12-10/h4-5,9,12H,6H2,1-3H3. The van der Waals surface area contributed by atoms with Crippen molar-refractivity contribution in [3.05, 3.63) is 23.3 Å². The highest BCUT2D eigenvalue weighted by Crippen LogP contribution is 2.31. The van der Waals surface area contributed by atoms with Crippen LogP contribution in [0.3, 0.4) is 0 Å². The third-order valence-corrected chi connectivity index (χ3v) is 2.50. The summed E-state index contributed by atoms with van der Waals surface area (Å²) in [5.41, 5.74) is 3.72. The number of nitrogens with one attached hydrogen (secondary N) is 1. The van der Waals surface area contributed by atoms with Crippen LogP contribution in [-0.4, -0.2) is 12.6 Å². The van der Waals surface area contributed by atoms with E-state index in [1.807, 2.05) is 0 Å². The minimum atomic E-state index is 0.273. The Bertz CT molecular complexity index is 333. The summed E-state index contributed by atoms with van der Waals surface area (Å²) in [6.07, 6.45) is 0.273. The normalized spacial score (nSPS) is 20.1. The van der Waals surface area contributed by atoms with Gasteiger partial charge in [0, 0.05) is 0 Å². The van der Waals surface area contributed by atoms with Gasteiger partial charge in [0.1, 0.15) is 11.9 Å². The Morgan fingerprint density at radius 1 is 1.31 bits per heavy atom. The molecule has 70 valence electrons. The molecule has 0 aliphatic carbocycles. The zero-order valence-electron chi connectivity index (χ0n) is 8.35. The maximum absolute atomic E-state index is 5.71. The van der Waals surface area contributed by atoms with Gasteiger partial charge in [-0.25, -0.2) is 0 Å². The first-order chi connectivity index (χ1) is 6.16. The van der Waals surface area contributed by atoms with Gasteiger partial charge in [0.15, 0.2) is 0 Å². The third-order valence-electron chi connectivity index (χ3n) is 2.50. The Labute approximate surface area is 78.9 Å². The predicted octanol–water partition coefficient (Wildman–Crippen LogP) is 2.50. The van der Waals surface area contributed by atoms with Gasteiger partial charge < -0.3 is 10.1 Å². The number of hydrogen-bond donors (Lipinski definition) is 1. The first-order valence-electron chi connectivity index (χ1n) is 4.68. The number of benzene rings is 1. The van der Waals surface area contributed by atoms with Gasteiger partial charge in [-0.1, -0.05) is 0 Å². The quantitative estimate of drug-likeness (QED) is 0.657. The van der Waals surface area contributed by atoms with Crippen molar-refractivity contribution < 1.29 is 4.74 Å². The molecule has 0 spiro atoms. The summed E-state index contributed by atoms with van der Waals surface area (Å²) in [5, 5.41) is 3.36. The summed E-state index contributed by atoms with van der Waals surface area (Å²) in [4.78, 5) is 0. The van der Waals surface area contributed by atoms with Crippen molar-refractivity contribution in [2.45, 2.75) is 26.9 Å². The summed E-state index contributed by atoms with van der Waals surface area (Å²) in [5.74, 6) is 0.988. The average Bonchev–Trinajstić information content (AvgIpc) is 2.08. The van der Waals surface area contributed by atoms with E-state index in [4.69, 9.17) is 4.74 Å². The lowest BCUT2D eigenvalue weighted by Gasteiger charge is -2.25. The largest absolute Gasteiger partial charge is 0.487 e. The highest BCUT2D eigenvalue weighted by molar-refractivity contribution is 5.61. The number of hydrogen-bond acceptors (Lipinski definition) is 2. The Morgan fingerprint density at radius 3 is 2.77 bits per heavy atom. The van der Waals surface area contributed by atoms with Crippen molar-refractivity contribution in [1.29, 1.82) is 0 Å². The third kappa shape index (κ3) is 1.48. The molecule has 0 bridgehead atoms. The molecule has 1 aromatic carbocycles. The number of ether oxygens (including phenoxy) is 1. The van der Waals surface area contributed by atoms with Crippen LogP contribution >= 0.6 is 0 Å². The Hall–Kier alpha value is -1.18. The van der Waals surface area contributed by atoms with Gasteiger partial charge in [-0.3, -0.25) is 0 Å². The number of rotatable bonds is 0. The van der Waals surface area contributed by atoms with Crippen LogP contribution in [0.5, 0.6) is 5.75 Å². The van der Waals surface area contributed by atoms with E-state index in [9.17, 15) is 0 Å². The van der Waals surface area contributed by atoms with Gasteiger partial charge in [-0.15, -0.1) is 0 Å². The van der Waals surface area contributed by atoms with Crippen molar-refractivity contribution in [1.82, 2.24) is 0 Å². The van der Waals surface area contributed by atoms with Gasteiger partial charge in [0.05, 0.1) is 12.2 Å². The minimum Gasteiger partial charge on any atom is -0.487 e. The van der Waals surface area contributed by atoms with Crippen LogP contribution in [0.1, 0.15) is 18.1 Å². The monoisotopic (exact) mass is 177 g/mol. The number of anilines is 1. The lowest BCUT2D eigenvalue weighted by Crippen LogP contribution is -2.27. The number of aryl methyl sites for hydroxylation is 2. The second-order valence-corrected chi connectivity index (χ2v) is 3.74. The van der Waals surface area contributed by atoms with E-state index in [1.165, 1.54) is 11.1 Å². The van der Waals surface area contributed by atoms with Crippen LogP contribution in [0.15, 0.2) is 12.1 Å². The molecular weight excluding hydrogens is 162 g/mol. The van der Waals surface area contributed by atoms with E-state index in [0.29, 0.717) is 0 Å². The first kappa shape index (κ1) is 8.42. The smallest absolute Gasteiger partial charge is 0.143 e. The van der Waals surface area contributed by atoms with E-state index in [2.05, 4.69) is 38.2 Å². The van der Waals surface area contributed by atoms with Crippen LogP contribution in [0.2, 0.25) is 0 Å². The lowest BCUT2D eigenvalue weighted by atomic mass is 10.1. The van der Waals surface area contributed by atoms with Crippen LogP contribution in [-0.2, 0) is 0 Å². The minimum absolute atomic E-state index is 0.273. The molecule has 1 aliphatic rings. The van der Waals surface area contributed by atoms with Gasteiger partial charge in [0.25, 0.3) is 0 Å². The van der Waals surface area contributed by atoms with Crippen molar-refractivity contribution in [3.63, 3.8) is 0 Å². The molecule has 1 atom stereocenters. The van der Waals surface area contributed by atoms with Gasteiger partial charge >= 0.3 is 0 Å². The van der Waals surface area contributed by atoms with Crippen LogP contribution in [0, 0.1) is 13.8 Å². The van der Waals surface area contributed by atoms with Crippen LogP contribution in [0.25, 0.3) is 0 Å². The molecule has 1 unspecified atom stereocenters. The topological polar surface area (TPSA) is 21.3 Å². The molecule has 1 heterocycles. The summed E-state index contributed by atoms with van der Waals surface area (Å²) in [6, 6.07) is 4.25. The summed E-state index contributed by atoms with van der Waals surface area (Å²) >= 11 is 0. The van der Waals surface area contributed by atoms with Crippen LogP contribution in [0.4, 0.5) is 5.69 Å². The Morgan fingerprint density at radius 2 is 2.00 bits per heavy atom. The highest BCUT2D eigenvalue weighted by Gasteiger charge is 2.15. The molecule has 0 saturated heterocycles. The summed E-state index contributed by atoms with van der Waals surface area (Å²) in [7, 11) is 0. The molecule has 13 heavy (non-hydrogen) atoms. The second kappa shape index (κ2) is 2.95.